The topological polar surface area (TPSA) is 88.9 Å². The number of halogens is 1. The number of benzene rings is 2. The molecule has 2 aromatic heterocycles. The predicted molar refractivity (Wildman–Crippen MR) is 128 cm³/mol. The summed E-state index contributed by atoms with van der Waals surface area (Å²) >= 11 is 0. The second-order valence-electron chi connectivity index (χ2n) is 7.45. The van der Waals surface area contributed by atoms with Gasteiger partial charge in [0.2, 0.25) is 5.91 Å². The molecule has 7 nitrogen and oxygen atoms in total. The van der Waals surface area contributed by atoms with E-state index in [1.165, 1.54) is 25.3 Å². The quantitative estimate of drug-likeness (QED) is 0.410. The number of nitrogens with one attached hydrogen (secondary N) is 2. The number of nitrogens with zero attached hydrogens (tertiary/aromatic N) is 3. The van der Waals surface area contributed by atoms with Crippen LogP contribution in [0.15, 0.2) is 85.3 Å². The zero-order valence-corrected chi connectivity index (χ0v) is 18.4. The van der Waals surface area contributed by atoms with Crippen LogP contribution in [0.3, 0.4) is 0 Å². The van der Waals surface area contributed by atoms with E-state index in [-0.39, 0.29) is 5.56 Å². The molecule has 0 aliphatic heterocycles. The molecule has 2 N–H and O–H groups in total. The van der Waals surface area contributed by atoms with Gasteiger partial charge < -0.3 is 10.6 Å². The molecule has 2 aromatic carbocycles. The first-order chi connectivity index (χ1) is 16.5. The molecule has 0 radical (unpaired) electrons. The second-order valence-corrected chi connectivity index (χ2v) is 7.45. The molecule has 170 valence electrons. The van der Waals surface area contributed by atoms with E-state index in [2.05, 4.69) is 15.6 Å². The molecule has 0 saturated carbocycles. The molecule has 0 atom stereocenters. The van der Waals surface area contributed by atoms with Crippen molar-refractivity contribution in [3.8, 4) is 11.3 Å². The second kappa shape index (κ2) is 10.4. The van der Waals surface area contributed by atoms with E-state index in [0.29, 0.717) is 17.9 Å². The Morgan fingerprint density at radius 3 is 2.65 bits per heavy atom. The van der Waals surface area contributed by atoms with Crippen LogP contribution in [-0.2, 0) is 11.3 Å². The van der Waals surface area contributed by atoms with E-state index >= 15 is 0 Å². The lowest BCUT2D eigenvalue weighted by Gasteiger charge is -2.06. The highest BCUT2D eigenvalue weighted by Gasteiger charge is 2.13. The molecule has 4 aromatic rings. The zero-order chi connectivity index (χ0) is 23.9. The standard InChI is InChI=1S/C26H22FN5O2/c1-28-26(34)22-14-21(10-11-23(22)27)30-24(33)12-9-20-17-32(16-18-6-3-2-4-7-18)31-25(20)19-8-5-13-29-15-19/h2-15,17H,16H2,1H3,(H,28,34)(H,30,33)/b12-9+. The maximum absolute atomic E-state index is 13.9. The van der Waals surface area contributed by atoms with Crippen LogP contribution in [0.5, 0.6) is 0 Å². The van der Waals surface area contributed by atoms with Gasteiger partial charge in [0, 0.05) is 48.5 Å². The predicted octanol–water partition coefficient (Wildman–Crippen LogP) is 4.14. The van der Waals surface area contributed by atoms with Crippen LogP contribution in [0.1, 0.15) is 21.5 Å². The molecule has 0 aliphatic carbocycles. The summed E-state index contributed by atoms with van der Waals surface area (Å²) in [6.45, 7) is 0.575. The Kier molecular flexibility index (Phi) is 6.88. The molecule has 0 fully saturated rings. The Morgan fingerprint density at radius 1 is 1.09 bits per heavy atom. The van der Waals surface area contributed by atoms with E-state index < -0.39 is 17.6 Å². The molecule has 4 rings (SSSR count). The highest BCUT2D eigenvalue weighted by molar-refractivity contribution is 6.03. The number of aromatic nitrogens is 3. The summed E-state index contributed by atoms with van der Waals surface area (Å²) in [6, 6.07) is 17.5. The van der Waals surface area contributed by atoms with Gasteiger partial charge in [0.25, 0.3) is 5.91 Å². The molecule has 34 heavy (non-hydrogen) atoms. The monoisotopic (exact) mass is 455 g/mol. The Morgan fingerprint density at radius 2 is 1.91 bits per heavy atom. The zero-order valence-electron chi connectivity index (χ0n) is 18.4. The van der Waals surface area contributed by atoms with E-state index in [4.69, 9.17) is 5.10 Å². The molecular weight excluding hydrogens is 433 g/mol. The van der Waals surface area contributed by atoms with Crippen LogP contribution in [0.2, 0.25) is 0 Å². The van der Waals surface area contributed by atoms with Crippen LogP contribution < -0.4 is 10.6 Å². The highest BCUT2D eigenvalue weighted by Crippen LogP contribution is 2.23. The van der Waals surface area contributed by atoms with Crippen molar-refractivity contribution in [1.82, 2.24) is 20.1 Å². The number of pyridine rings is 1. The average Bonchev–Trinajstić information content (AvgIpc) is 3.27. The van der Waals surface area contributed by atoms with Crippen molar-refractivity contribution in [2.45, 2.75) is 6.54 Å². The fourth-order valence-corrected chi connectivity index (χ4v) is 3.40. The van der Waals surface area contributed by atoms with Crippen LogP contribution in [0, 0.1) is 5.82 Å². The fourth-order valence-electron chi connectivity index (χ4n) is 3.40. The highest BCUT2D eigenvalue weighted by atomic mass is 19.1. The lowest BCUT2D eigenvalue weighted by atomic mass is 10.1. The number of hydrogen-bond donors (Lipinski definition) is 2. The van der Waals surface area contributed by atoms with Crippen molar-refractivity contribution < 1.29 is 14.0 Å². The normalized spacial score (nSPS) is 10.9. The molecule has 0 unspecified atom stereocenters. The lowest BCUT2D eigenvalue weighted by molar-refractivity contribution is -0.111. The lowest BCUT2D eigenvalue weighted by Crippen LogP contribution is -2.19. The Labute approximate surface area is 196 Å². The first-order valence-corrected chi connectivity index (χ1v) is 10.6. The molecule has 2 amide bonds. The Bertz CT molecular complexity index is 1330. The number of rotatable bonds is 7. The third kappa shape index (κ3) is 5.42. The molecule has 0 aliphatic rings. The number of hydrogen-bond acceptors (Lipinski definition) is 4. The third-order valence-electron chi connectivity index (χ3n) is 5.03. The van der Waals surface area contributed by atoms with E-state index in [1.54, 1.807) is 18.5 Å². The summed E-state index contributed by atoms with van der Waals surface area (Å²) in [4.78, 5) is 28.5. The molecule has 0 spiro atoms. The fraction of sp³-hybridized carbons (Fsp3) is 0.0769. The number of carbonyl (C=O) groups is 2. The summed E-state index contributed by atoms with van der Waals surface area (Å²) in [5.74, 6) is -1.67. The van der Waals surface area contributed by atoms with Crippen molar-refractivity contribution >= 4 is 23.6 Å². The van der Waals surface area contributed by atoms with Gasteiger partial charge >= 0.3 is 0 Å². The largest absolute Gasteiger partial charge is 0.355 e. The number of amides is 2. The van der Waals surface area contributed by atoms with Crippen molar-refractivity contribution in [2.24, 2.45) is 0 Å². The minimum Gasteiger partial charge on any atom is -0.355 e. The van der Waals surface area contributed by atoms with Gasteiger partial charge in [-0.1, -0.05) is 30.3 Å². The molecule has 0 bridgehead atoms. The Balaban J connectivity index is 1.57. The molecule has 8 heteroatoms. The molecular formula is C26H22FN5O2. The summed E-state index contributed by atoms with van der Waals surface area (Å²) < 4.78 is 15.7. The summed E-state index contributed by atoms with van der Waals surface area (Å²) in [6.07, 6.45) is 8.29. The van der Waals surface area contributed by atoms with Gasteiger partial charge in [-0.25, -0.2) is 4.39 Å². The number of carbonyl (C=O) groups excluding carboxylic acids is 2. The van der Waals surface area contributed by atoms with Gasteiger partial charge in [-0.2, -0.15) is 5.10 Å². The molecule has 2 heterocycles. The van der Waals surface area contributed by atoms with Crippen molar-refractivity contribution in [3.05, 3.63) is 108 Å². The van der Waals surface area contributed by atoms with Crippen LogP contribution in [-0.4, -0.2) is 33.6 Å². The minimum atomic E-state index is -0.667. The average molecular weight is 455 g/mol. The van der Waals surface area contributed by atoms with Crippen molar-refractivity contribution in [2.75, 3.05) is 12.4 Å². The summed E-state index contributed by atoms with van der Waals surface area (Å²) in [5, 5.41) is 9.72. The van der Waals surface area contributed by atoms with Gasteiger partial charge in [-0.3, -0.25) is 19.3 Å². The van der Waals surface area contributed by atoms with Gasteiger partial charge in [0.1, 0.15) is 11.5 Å². The third-order valence-corrected chi connectivity index (χ3v) is 5.03. The maximum Gasteiger partial charge on any atom is 0.254 e. The minimum absolute atomic E-state index is 0.148. The maximum atomic E-state index is 13.9. The van der Waals surface area contributed by atoms with Crippen molar-refractivity contribution in [1.29, 1.82) is 0 Å². The molecule has 0 saturated heterocycles. The van der Waals surface area contributed by atoms with Crippen LogP contribution >= 0.6 is 0 Å². The first-order valence-electron chi connectivity index (χ1n) is 10.6. The SMILES string of the molecule is CNC(=O)c1cc(NC(=O)/C=C/c2cn(Cc3ccccc3)nc2-c2cccnc2)ccc1F. The van der Waals surface area contributed by atoms with E-state index in [0.717, 1.165) is 22.8 Å². The number of anilines is 1. The van der Waals surface area contributed by atoms with Crippen LogP contribution in [0.4, 0.5) is 10.1 Å². The first kappa shape index (κ1) is 22.6. The van der Waals surface area contributed by atoms with Gasteiger partial charge in [-0.05, 0) is 42.0 Å². The van der Waals surface area contributed by atoms with E-state index in [9.17, 15) is 14.0 Å². The summed E-state index contributed by atoms with van der Waals surface area (Å²) in [5.41, 5.74) is 3.51. The Hall–Kier alpha value is -4.59. The smallest absolute Gasteiger partial charge is 0.254 e. The van der Waals surface area contributed by atoms with Gasteiger partial charge in [0.05, 0.1) is 12.1 Å². The van der Waals surface area contributed by atoms with Crippen LogP contribution in [0.25, 0.3) is 17.3 Å². The van der Waals surface area contributed by atoms with Gasteiger partial charge in [-0.15, -0.1) is 0 Å². The van der Waals surface area contributed by atoms with E-state index in [1.807, 2.05) is 53.3 Å². The summed E-state index contributed by atoms with van der Waals surface area (Å²) in [7, 11) is 1.41. The van der Waals surface area contributed by atoms with Crippen molar-refractivity contribution in [3.63, 3.8) is 0 Å². The van der Waals surface area contributed by atoms with Gasteiger partial charge in [0.15, 0.2) is 0 Å².